The zero-order chi connectivity index (χ0) is 32.4. The first-order chi connectivity index (χ1) is 24.3. The van der Waals surface area contributed by atoms with Crippen LogP contribution in [0.4, 0.5) is 0 Å². The van der Waals surface area contributed by atoms with Crippen LogP contribution in [0.5, 0.6) is 0 Å². The number of fused-ring (bicyclic) bond motifs is 10. The van der Waals surface area contributed by atoms with Gasteiger partial charge in [0.2, 0.25) is 0 Å². The highest BCUT2D eigenvalue weighted by atomic mass is 14.9. The molecule has 1 heterocycles. The number of hydrogen-bond donors (Lipinski definition) is 0. The molecule has 0 N–H and O–H groups in total. The van der Waals surface area contributed by atoms with Gasteiger partial charge in [-0.1, -0.05) is 176 Å². The maximum atomic E-state index is 5.44. The quantitative estimate of drug-likeness (QED) is 0.195. The van der Waals surface area contributed by atoms with Crippen LogP contribution in [-0.2, 0) is 5.41 Å². The molecule has 0 bridgehead atoms. The Morgan fingerprint density at radius 2 is 0.755 bits per heavy atom. The molecule has 0 saturated carbocycles. The molecule has 0 aliphatic heterocycles. The van der Waals surface area contributed by atoms with Crippen molar-refractivity contribution in [1.82, 2.24) is 9.97 Å². The van der Waals surface area contributed by atoms with E-state index in [0.29, 0.717) is 0 Å². The van der Waals surface area contributed by atoms with Crippen molar-refractivity contribution in [3.8, 4) is 67.3 Å². The molecule has 0 amide bonds. The highest BCUT2D eigenvalue weighted by molar-refractivity contribution is 5.98. The Kier molecular flexibility index (Phi) is 6.13. The van der Waals surface area contributed by atoms with Gasteiger partial charge in [0.25, 0.3) is 0 Å². The monoisotopic (exact) mass is 622 g/mol. The fourth-order valence-corrected chi connectivity index (χ4v) is 8.19. The van der Waals surface area contributed by atoms with E-state index in [2.05, 4.69) is 176 Å². The highest BCUT2D eigenvalue weighted by Gasteiger charge is 2.54. The van der Waals surface area contributed by atoms with E-state index in [1.165, 1.54) is 50.1 Å². The zero-order valence-electron chi connectivity index (χ0n) is 26.7. The Balaban J connectivity index is 1.27. The summed E-state index contributed by atoms with van der Waals surface area (Å²) in [4.78, 5) is 10.9. The predicted molar refractivity (Wildman–Crippen MR) is 200 cm³/mol. The van der Waals surface area contributed by atoms with E-state index in [9.17, 15) is 0 Å². The first-order valence-electron chi connectivity index (χ1n) is 16.8. The standard InChI is InChI=1S/C47H30N2/c1-4-14-31(15-5-1)32-24-26-33(27-25-32)36-28-29-38-37-20-10-12-22-40(37)47(42(38)30-36)41-23-13-11-21-39(41)45-43(47)44(34-16-6-2-7-17-34)48-46(49-45)35-18-8-3-9-19-35/h1-30H. The van der Waals surface area contributed by atoms with E-state index in [0.717, 1.165) is 39.5 Å². The summed E-state index contributed by atoms with van der Waals surface area (Å²) in [6, 6.07) is 65.4. The van der Waals surface area contributed by atoms with Crippen LogP contribution in [0.15, 0.2) is 182 Å². The van der Waals surface area contributed by atoms with Gasteiger partial charge in [0.05, 0.1) is 16.8 Å². The molecular formula is C47H30N2. The van der Waals surface area contributed by atoms with Crippen molar-refractivity contribution < 1.29 is 0 Å². The van der Waals surface area contributed by atoms with Crippen molar-refractivity contribution in [2.24, 2.45) is 0 Å². The largest absolute Gasteiger partial charge is 0.228 e. The third-order valence-corrected chi connectivity index (χ3v) is 10.3. The maximum absolute atomic E-state index is 5.44. The van der Waals surface area contributed by atoms with Crippen LogP contribution < -0.4 is 0 Å². The Morgan fingerprint density at radius 1 is 0.306 bits per heavy atom. The second-order valence-electron chi connectivity index (χ2n) is 12.9. The van der Waals surface area contributed by atoms with E-state index >= 15 is 0 Å². The highest BCUT2D eigenvalue weighted by Crippen LogP contribution is 2.64. The molecule has 228 valence electrons. The van der Waals surface area contributed by atoms with Crippen LogP contribution in [0.1, 0.15) is 22.3 Å². The lowest BCUT2D eigenvalue weighted by molar-refractivity contribution is 0.788. The third-order valence-electron chi connectivity index (χ3n) is 10.3. The summed E-state index contributed by atoms with van der Waals surface area (Å²) < 4.78 is 0. The lowest BCUT2D eigenvalue weighted by atomic mass is 9.69. The van der Waals surface area contributed by atoms with Gasteiger partial charge in [-0.2, -0.15) is 0 Å². The Labute approximate surface area is 286 Å². The van der Waals surface area contributed by atoms with Gasteiger partial charge in [0.1, 0.15) is 0 Å². The topological polar surface area (TPSA) is 25.8 Å². The third kappa shape index (κ3) is 4.07. The second kappa shape index (κ2) is 10.8. The normalized spacial score (nSPS) is 15.0. The molecule has 1 aromatic heterocycles. The van der Waals surface area contributed by atoms with Gasteiger partial charge < -0.3 is 0 Å². The van der Waals surface area contributed by atoms with Crippen LogP contribution in [-0.4, -0.2) is 9.97 Å². The van der Waals surface area contributed by atoms with Gasteiger partial charge in [-0.25, -0.2) is 9.97 Å². The molecule has 10 rings (SSSR count). The maximum Gasteiger partial charge on any atom is 0.160 e. The van der Waals surface area contributed by atoms with Gasteiger partial charge in [-0.3, -0.25) is 0 Å². The molecule has 8 aromatic rings. The number of benzene rings is 7. The summed E-state index contributed by atoms with van der Waals surface area (Å²) in [6.07, 6.45) is 0. The number of rotatable bonds is 4. The van der Waals surface area contributed by atoms with Crippen molar-refractivity contribution in [3.05, 3.63) is 204 Å². The van der Waals surface area contributed by atoms with E-state index in [4.69, 9.17) is 9.97 Å². The summed E-state index contributed by atoms with van der Waals surface area (Å²) >= 11 is 0. The predicted octanol–water partition coefficient (Wildman–Crippen LogP) is 11.5. The molecule has 0 fully saturated rings. The lowest BCUT2D eigenvalue weighted by Crippen LogP contribution is -2.27. The summed E-state index contributed by atoms with van der Waals surface area (Å²) in [5.74, 6) is 0.740. The molecule has 0 radical (unpaired) electrons. The van der Waals surface area contributed by atoms with Crippen LogP contribution in [0.3, 0.4) is 0 Å². The van der Waals surface area contributed by atoms with Gasteiger partial charge in [-0.15, -0.1) is 0 Å². The molecule has 1 unspecified atom stereocenters. The van der Waals surface area contributed by atoms with Gasteiger partial charge >= 0.3 is 0 Å². The Morgan fingerprint density at radius 3 is 1.43 bits per heavy atom. The molecule has 1 atom stereocenters. The average molecular weight is 623 g/mol. The summed E-state index contributed by atoms with van der Waals surface area (Å²) in [5.41, 5.74) is 17.0. The Hall–Kier alpha value is -6.38. The van der Waals surface area contributed by atoms with Gasteiger partial charge in [0.15, 0.2) is 5.82 Å². The van der Waals surface area contributed by atoms with E-state index in [1.807, 2.05) is 6.07 Å². The number of aromatic nitrogens is 2. The fourth-order valence-electron chi connectivity index (χ4n) is 8.19. The summed E-state index contributed by atoms with van der Waals surface area (Å²) in [6.45, 7) is 0. The van der Waals surface area contributed by atoms with E-state index in [1.54, 1.807) is 0 Å². The molecule has 2 nitrogen and oxygen atoms in total. The lowest BCUT2D eigenvalue weighted by Gasteiger charge is -2.31. The Bertz CT molecular complexity index is 2520. The van der Waals surface area contributed by atoms with Crippen LogP contribution in [0, 0.1) is 0 Å². The first-order valence-corrected chi connectivity index (χ1v) is 16.8. The molecule has 2 aliphatic carbocycles. The van der Waals surface area contributed by atoms with Crippen LogP contribution in [0.2, 0.25) is 0 Å². The smallest absolute Gasteiger partial charge is 0.160 e. The zero-order valence-corrected chi connectivity index (χ0v) is 26.7. The molecule has 2 heteroatoms. The van der Waals surface area contributed by atoms with Crippen LogP contribution in [0.25, 0.3) is 67.3 Å². The minimum absolute atomic E-state index is 0.585. The van der Waals surface area contributed by atoms with Crippen molar-refractivity contribution in [2.75, 3.05) is 0 Å². The molecule has 1 spiro atoms. The van der Waals surface area contributed by atoms with E-state index < -0.39 is 5.41 Å². The van der Waals surface area contributed by atoms with Crippen molar-refractivity contribution in [2.45, 2.75) is 5.41 Å². The molecule has 0 saturated heterocycles. The van der Waals surface area contributed by atoms with Gasteiger partial charge in [-0.05, 0) is 56.1 Å². The summed E-state index contributed by atoms with van der Waals surface area (Å²) in [5, 5.41) is 0. The van der Waals surface area contributed by atoms with Crippen LogP contribution >= 0.6 is 0 Å². The second-order valence-corrected chi connectivity index (χ2v) is 12.9. The van der Waals surface area contributed by atoms with Crippen molar-refractivity contribution in [3.63, 3.8) is 0 Å². The minimum atomic E-state index is -0.585. The SMILES string of the molecule is c1ccc(-c2ccc(-c3ccc4c(c3)C3(c5ccccc5-4)c4ccccc4-c4nc(-c5ccccc5)nc(-c5ccccc5)c43)cc2)cc1. The first kappa shape index (κ1) is 27.7. The van der Waals surface area contributed by atoms with Gasteiger partial charge in [0, 0.05) is 22.3 Å². The fraction of sp³-hybridized carbons (Fsp3) is 0.0213. The average Bonchev–Trinajstić information content (AvgIpc) is 3.65. The number of nitrogens with zero attached hydrogens (tertiary/aromatic N) is 2. The molecule has 7 aromatic carbocycles. The molecule has 2 aliphatic rings. The van der Waals surface area contributed by atoms with Crippen molar-refractivity contribution in [1.29, 1.82) is 0 Å². The number of hydrogen-bond acceptors (Lipinski definition) is 2. The van der Waals surface area contributed by atoms with E-state index in [-0.39, 0.29) is 0 Å². The summed E-state index contributed by atoms with van der Waals surface area (Å²) in [7, 11) is 0. The molecular weight excluding hydrogens is 593 g/mol. The van der Waals surface area contributed by atoms with Crippen molar-refractivity contribution >= 4 is 0 Å². The minimum Gasteiger partial charge on any atom is -0.228 e. The molecule has 49 heavy (non-hydrogen) atoms.